The van der Waals surface area contributed by atoms with Crippen molar-refractivity contribution in [3.05, 3.63) is 59.7 Å². The molecule has 138 valence electrons. The van der Waals surface area contributed by atoms with Crippen molar-refractivity contribution in [3.8, 4) is 11.5 Å². The summed E-state index contributed by atoms with van der Waals surface area (Å²) in [5, 5.41) is 3.40. The van der Waals surface area contributed by atoms with Crippen LogP contribution in [0.2, 0.25) is 0 Å². The summed E-state index contributed by atoms with van der Waals surface area (Å²) < 4.78 is 16.4. The topological polar surface area (TPSA) is 39.7 Å². The molecule has 0 fully saturated rings. The number of halogens is 1. The molecule has 1 N–H and O–H groups in total. The van der Waals surface area contributed by atoms with Crippen molar-refractivity contribution in [1.29, 1.82) is 0 Å². The largest absolute Gasteiger partial charge is 0.493 e. The molecule has 2 aromatic carbocycles. The molecule has 0 bridgehead atoms. The van der Waals surface area contributed by atoms with Crippen molar-refractivity contribution in [1.82, 2.24) is 5.32 Å². The summed E-state index contributed by atoms with van der Waals surface area (Å²) >= 11 is 0. The first kappa shape index (κ1) is 21.3. The maximum atomic E-state index is 5.88. The predicted molar refractivity (Wildman–Crippen MR) is 104 cm³/mol. The molecular weight excluding hydrogens is 338 g/mol. The van der Waals surface area contributed by atoms with Gasteiger partial charge in [-0.2, -0.15) is 0 Å². The Hall–Kier alpha value is -1.75. The maximum Gasteiger partial charge on any atom is 0.161 e. The van der Waals surface area contributed by atoms with E-state index < -0.39 is 0 Å². The van der Waals surface area contributed by atoms with Crippen LogP contribution in [0.25, 0.3) is 0 Å². The fourth-order valence-electron chi connectivity index (χ4n) is 2.44. The second-order valence-electron chi connectivity index (χ2n) is 5.59. The number of methoxy groups -OCH3 is 2. The minimum Gasteiger partial charge on any atom is -0.493 e. The molecule has 0 unspecified atom stereocenters. The van der Waals surface area contributed by atoms with Gasteiger partial charge in [-0.3, -0.25) is 0 Å². The summed E-state index contributed by atoms with van der Waals surface area (Å²) in [4.78, 5) is 0. The highest BCUT2D eigenvalue weighted by atomic mass is 35.5. The number of nitrogens with one attached hydrogen (secondary N) is 1. The van der Waals surface area contributed by atoms with Crippen LogP contribution in [0, 0.1) is 0 Å². The molecule has 4 nitrogen and oxygen atoms in total. The lowest BCUT2D eigenvalue weighted by atomic mass is 10.1. The molecule has 0 amide bonds. The van der Waals surface area contributed by atoms with Crippen molar-refractivity contribution in [3.63, 3.8) is 0 Å². The van der Waals surface area contributed by atoms with E-state index in [1.165, 1.54) is 11.1 Å². The summed E-state index contributed by atoms with van der Waals surface area (Å²) in [6, 6.07) is 16.4. The van der Waals surface area contributed by atoms with Crippen molar-refractivity contribution >= 4 is 12.4 Å². The van der Waals surface area contributed by atoms with Gasteiger partial charge in [0.05, 0.1) is 13.7 Å². The predicted octanol–water partition coefficient (Wildman–Crippen LogP) is 3.86. The van der Waals surface area contributed by atoms with E-state index in [-0.39, 0.29) is 12.4 Å². The van der Waals surface area contributed by atoms with Gasteiger partial charge in [-0.25, -0.2) is 0 Å². The average molecular weight is 366 g/mol. The molecule has 5 heteroatoms. The van der Waals surface area contributed by atoms with Crippen molar-refractivity contribution in [2.24, 2.45) is 0 Å². The molecule has 0 radical (unpaired) electrons. The van der Waals surface area contributed by atoms with E-state index in [0.29, 0.717) is 6.61 Å². The lowest BCUT2D eigenvalue weighted by Gasteiger charge is -2.13. The summed E-state index contributed by atoms with van der Waals surface area (Å²) in [5.41, 5.74) is 2.45. The van der Waals surface area contributed by atoms with Gasteiger partial charge in [0.2, 0.25) is 0 Å². The van der Waals surface area contributed by atoms with Gasteiger partial charge in [0, 0.05) is 26.7 Å². The zero-order chi connectivity index (χ0) is 17.0. The summed E-state index contributed by atoms with van der Waals surface area (Å²) in [6.07, 6.45) is 1.89. The number of hydrogen-bond acceptors (Lipinski definition) is 4. The Labute approximate surface area is 156 Å². The molecule has 0 aliphatic heterocycles. The molecule has 2 rings (SSSR count). The van der Waals surface area contributed by atoms with E-state index >= 15 is 0 Å². The quantitative estimate of drug-likeness (QED) is 0.614. The highest BCUT2D eigenvalue weighted by Crippen LogP contribution is 2.28. The van der Waals surface area contributed by atoms with Gasteiger partial charge >= 0.3 is 0 Å². The lowest BCUT2D eigenvalue weighted by molar-refractivity contribution is 0.194. The van der Waals surface area contributed by atoms with Crippen LogP contribution < -0.4 is 14.8 Å². The minimum atomic E-state index is 0. The molecule has 2 aromatic rings. The third-order valence-corrected chi connectivity index (χ3v) is 3.75. The van der Waals surface area contributed by atoms with Gasteiger partial charge in [0.15, 0.2) is 11.5 Å². The summed E-state index contributed by atoms with van der Waals surface area (Å²) in [6.45, 7) is 3.16. The molecule has 0 aliphatic rings. The van der Waals surface area contributed by atoms with Gasteiger partial charge < -0.3 is 19.5 Å². The standard InChI is InChI=1S/C20H27NO3.ClH/c1-22-13-6-12-21-16-18-9-10-19(20(15-18)23-2)24-14-11-17-7-4-3-5-8-17;/h3-5,7-10,15,21H,6,11-14,16H2,1-2H3;1H. The number of benzene rings is 2. The average Bonchev–Trinajstić information content (AvgIpc) is 2.63. The fraction of sp³-hybridized carbons (Fsp3) is 0.400. The first-order chi connectivity index (χ1) is 11.8. The lowest BCUT2D eigenvalue weighted by Crippen LogP contribution is -2.16. The number of ether oxygens (including phenoxy) is 3. The normalized spacial score (nSPS) is 10.2. The fourth-order valence-corrected chi connectivity index (χ4v) is 2.44. The first-order valence-electron chi connectivity index (χ1n) is 8.37. The van der Waals surface area contributed by atoms with Gasteiger partial charge in [-0.1, -0.05) is 36.4 Å². The molecule has 0 aromatic heterocycles. The van der Waals surface area contributed by atoms with Crippen LogP contribution >= 0.6 is 12.4 Å². The second-order valence-corrected chi connectivity index (χ2v) is 5.59. The smallest absolute Gasteiger partial charge is 0.161 e. The Kier molecular flexibility index (Phi) is 10.7. The Morgan fingerprint density at radius 3 is 2.40 bits per heavy atom. The molecule has 0 saturated carbocycles. The number of hydrogen-bond donors (Lipinski definition) is 1. The van der Waals surface area contributed by atoms with Crippen molar-refractivity contribution in [2.75, 3.05) is 34.0 Å². The van der Waals surface area contributed by atoms with Crippen LogP contribution in [0.15, 0.2) is 48.5 Å². The Balaban J connectivity index is 0.00000312. The van der Waals surface area contributed by atoms with Crippen molar-refractivity contribution < 1.29 is 14.2 Å². The number of rotatable bonds is 11. The van der Waals surface area contributed by atoms with E-state index in [0.717, 1.165) is 44.0 Å². The Morgan fingerprint density at radius 2 is 1.68 bits per heavy atom. The molecule has 0 aliphatic carbocycles. The van der Waals surface area contributed by atoms with Crippen LogP contribution in [-0.4, -0.2) is 34.0 Å². The van der Waals surface area contributed by atoms with Crippen LogP contribution in [0.5, 0.6) is 11.5 Å². The van der Waals surface area contributed by atoms with Gasteiger partial charge in [0.1, 0.15) is 0 Å². The monoisotopic (exact) mass is 365 g/mol. The second kappa shape index (κ2) is 12.6. The molecule has 25 heavy (non-hydrogen) atoms. The van der Waals surface area contributed by atoms with Crippen LogP contribution in [0.4, 0.5) is 0 Å². The first-order valence-corrected chi connectivity index (χ1v) is 8.37. The molecule has 0 spiro atoms. The van der Waals surface area contributed by atoms with Crippen LogP contribution in [0.1, 0.15) is 17.5 Å². The van der Waals surface area contributed by atoms with Crippen molar-refractivity contribution in [2.45, 2.75) is 19.4 Å². The zero-order valence-electron chi connectivity index (χ0n) is 15.0. The van der Waals surface area contributed by atoms with Gasteiger partial charge in [0.25, 0.3) is 0 Å². The van der Waals surface area contributed by atoms with E-state index in [2.05, 4.69) is 23.5 Å². The summed E-state index contributed by atoms with van der Waals surface area (Å²) in [5.74, 6) is 1.57. The van der Waals surface area contributed by atoms with E-state index in [1.807, 2.05) is 30.3 Å². The van der Waals surface area contributed by atoms with Gasteiger partial charge in [-0.05, 0) is 36.2 Å². The SMILES string of the molecule is COCCCNCc1ccc(OCCc2ccccc2)c(OC)c1.Cl. The highest BCUT2D eigenvalue weighted by molar-refractivity contribution is 5.85. The Bertz CT molecular complexity index is 593. The molecular formula is C20H28ClNO3. The molecule has 0 atom stereocenters. The van der Waals surface area contributed by atoms with Crippen LogP contribution in [-0.2, 0) is 17.7 Å². The Morgan fingerprint density at radius 1 is 0.880 bits per heavy atom. The molecule has 0 heterocycles. The van der Waals surface area contributed by atoms with E-state index in [4.69, 9.17) is 14.2 Å². The van der Waals surface area contributed by atoms with Gasteiger partial charge in [-0.15, -0.1) is 12.4 Å². The van der Waals surface area contributed by atoms with E-state index in [9.17, 15) is 0 Å². The third-order valence-electron chi connectivity index (χ3n) is 3.75. The van der Waals surface area contributed by atoms with Crippen LogP contribution in [0.3, 0.4) is 0 Å². The minimum absolute atomic E-state index is 0. The third kappa shape index (κ3) is 7.78. The zero-order valence-corrected chi connectivity index (χ0v) is 15.8. The maximum absolute atomic E-state index is 5.88. The molecule has 0 saturated heterocycles. The van der Waals surface area contributed by atoms with E-state index in [1.54, 1.807) is 14.2 Å². The highest BCUT2D eigenvalue weighted by Gasteiger charge is 2.06. The summed E-state index contributed by atoms with van der Waals surface area (Å²) in [7, 11) is 3.40.